The van der Waals surface area contributed by atoms with Gasteiger partial charge in [-0.1, -0.05) is 24.6 Å². The van der Waals surface area contributed by atoms with E-state index in [0.29, 0.717) is 40.7 Å². The number of benzene rings is 2. The average Bonchev–Trinajstić information content (AvgIpc) is 2.64. The van der Waals surface area contributed by atoms with Crippen LogP contribution in [0.4, 0.5) is 5.69 Å². The van der Waals surface area contributed by atoms with E-state index >= 15 is 0 Å². The molecule has 2 aromatic rings. The first-order chi connectivity index (χ1) is 12.1. The topological polar surface area (TPSA) is 78.1 Å². The third kappa shape index (κ3) is 4.79. The van der Waals surface area contributed by atoms with E-state index in [9.17, 15) is 5.26 Å². The first-order valence-corrected chi connectivity index (χ1v) is 8.15. The maximum Gasteiger partial charge on any atom is 0.184 e. The molecular weight excluding hydrogens is 338 g/mol. The standard InChI is InChI=1S/C19H18ClN3O2/c1-3-16(11-22)25-19-8-13(4-7-18(19)24-2)12-23-17-9-15(20)6-5-14(17)10-21/h4-9,16,23H,3,12H2,1-2H3. The molecule has 0 saturated carbocycles. The number of nitrogens with one attached hydrogen (secondary N) is 1. The summed E-state index contributed by atoms with van der Waals surface area (Å²) in [7, 11) is 1.55. The molecule has 0 spiro atoms. The van der Waals surface area contributed by atoms with E-state index in [4.69, 9.17) is 26.3 Å². The summed E-state index contributed by atoms with van der Waals surface area (Å²) < 4.78 is 11.0. The Morgan fingerprint density at radius 1 is 1.16 bits per heavy atom. The Labute approximate surface area is 152 Å². The highest BCUT2D eigenvalue weighted by atomic mass is 35.5. The minimum Gasteiger partial charge on any atom is -0.493 e. The Morgan fingerprint density at radius 2 is 1.96 bits per heavy atom. The number of methoxy groups -OCH3 is 1. The smallest absolute Gasteiger partial charge is 0.184 e. The maximum atomic E-state index is 9.17. The molecule has 0 aromatic heterocycles. The third-order valence-electron chi connectivity index (χ3n) is 3.60. The molecule has 0 amide bonds. The van der Waals surface area contributed by atoms with Crippen LogP contribution in [-0.4, -0.2) is 13.2 Å². The number of ether oxygens (including phenoxy) is 2. The lowest BCUT2D eigenvalue weighted by atomic mass is 10.1. The van der Waals surface area contributed by atoms with Crippen LogP contribution in [0.25, 0.3) is 0 Å². The third-order valence-corrected chi connectivity index (χ3v) is 3.83. The van der Waals surface area contributed by atoms with E-state index in [1.807, 2.05) is 19.1 Å². The second-order valence-electron chi connectivity index (χ2n) is 5.28. The minimum atomic E-state index is -0.532. The quantitative estimate of drug-likeness (QED) is 0.790. The molecule has 0 aliphatic rings. The van der Waals surface area contributed by atoms with Crippen LogP contribution in [0.15, 0.2) is 36.4 Å². The van der Waals surface area contributed by atoms with Crippen molar-refractivity contribution in [2.24, 2.45) is 0 Å². The van der Waals surface area contributed by atoms with E-state index in [0.717, 1.165) is 5.56 Å². The Balaban J connectivity index is 2.19. The summed E-state index contributed by atoms with van der Waals surface area (Å²) in [5, 5.41) is 22.0. The van der Waals surface area contributed by atoms with Gasteiger partial charge in [-0.3, -0.25) is 0 Å². The second-order valence-corrected chi connectivity index (χ2v) is 5.72. The molecule has 5 nitrogen and oxygen atoms in total. The van der Waals surface area contributed by atoms with Crippen molar-refractivity contribution >= 4 is 17.3 Å². The lowest BCUT2D eigenvalue weighted by molar-refractivity contribution is 0.238. The Kier molecular flexibility index (Phi) is 6.51. The maximum absolute atomic E-state index is 9.17. The molecule has 2 rings (SSSR count). The molecule has 0 saturated heterocycles. The first-order valence-electron chi connectivity index (χ1n) is 7.78. The van der Waals surface area contributed by atoms with Gasteiger partial charge in [-0.2, -0.15) is 10.5 Å². The number of hydrogen-bond acceptors (Lipinski definition) is 5. The van der Waals surface area contributed by atoms with Gasteiger partial charge in [-0.25, -0.2) is 0 Å². The molecule has 0 fully saturated rings. The fourth-order valence-corrected chi connectivity index (χ4v) is 2.41. The lowest BCUT2D eigenvalue weighted by Gasteiger charge is -2.15. The van der Waals surface area contributed by atoms with Gasteiger partial charge >= 0.3 is 0 Å². The Morgan fingerprint density at radius 3 is 2.60 bits per heavy atom. The number of rotatable bonds is 7. The van der Waals surface area contributed by atoms with Crippen molar-refractivity contribution in [2.75, 3.05) is 12.4 Å². The number of anilines is 1. The van der Waals surface area contributed by atoms with Crippen LogP contribution in [-0.2, 0) is 6.54 Å². The van der Waals surface area contributed by atoms with Crippen LogP contribution in [0.1, 0.15) is 24.5 Å². The molecule has 25 heavy (non-hydrogen) atoms. The molecule has 0 aliphatic carbocycles. The van der Waals surface area contributed by atoms with Crippen LogP contribution in [0.2, 0.25) is 5.02 Å². The molecule has 0 bridgehead atoms. The molecule has 128 valence electrons. The van der Waals surface area contributed by atoms with Crippen LogP contribution in [0, 0.1) is 22.7 Å². The predicted octanol–water partition coefficient (Wildman–Crippen LogP) is 4.51. The van der Waals surface area contributed by atoms with Crippen LogP contribution in [0.3, 0.4) is 0 Å². The average molecular weight is 356 g/mol. The monoisotopic (exact) mass is 355 g/mol. The van der Waals surface area contributed by atoms with Gasteiger partial charge in [0.05, 0.1) is 18.4 Å². The van der Waals surface area contributed by atoms with Crippen molar-refractivity contribution < 1.29 is 9.47 Å². The lowest BCUT2D eigenvalue weighted by Crippen LogP contribution is -2.13. The van der Waals surface area contributed by atoms with Crippen molar-refractivity contribution in [3.05, 3.63) is 52.5 Å². The van der Waals surface area contributed by atoms with Crippen molar-refractivity contribution in [1.82, 2.24) is 0 Å². The second kappa shape index (κ2) is 8.82. The van der Waals surface area contributed by atoms with Gasteiger partial charge in [0, 0.05) is 11.6 Å². The zero-order valence-electron chi connectivity index (χ0n) is 14.0. The molecule has 1 unspecified atom stereocenters. The highest BCUT2D eigenvalue weighted by molar-refractivity contribution is 6.30. The van der Waals surface area contributed by atoms with Crippen molar-refractivity contribution in [2.45, 2.75) is 26.0 Å². The largest absolute Gasteiger partial charge is 0.493 e. The van der Waals surface area contributed by atoms with Gasteiger partial charge in [0.2, 0.25) is 0 Å². The Hall–Kier alpha value is -2.89. The van der Waals surface area contributed by atoms with Crippen LogP contribution >= 0.6 is 11.6 Å². The normalized spacial score (nSPS) is 11.1. The highest BCUT2D eigenvalue weighted by Crippen LogP contribution is 2.30. The van der Waals surface area contributed by atoms with Gasteiger partial charge in [0.25, 0.3) is 0 Å². The summed E-state index contributed by atoms with van der Waals surface area (Å²) in [5.74, 6) is 1.08. The van der Waals surface area contributed by atoms with E-state index in [1.165, 1.54) is 0 Å². The number of nitrogens with zero attached hydrogens (tertiary/aromatic N) is 2. The van der Waals surface area contributed by atoms with E-state index < -0.39 is 6.10 Å². The number of nitriles is 2. The summed E-state index contributed by atoms with van der Waals surface area (Å²) in [4.78, 5) is 0. The van der Waals surface area contributed by atoms with E-state index in [2.05, 4.69) is 17.5 Å². The summed E-state index contributed by atoms with van der Waals surface area (Å²) in [6, 6.07) is 14.8. The summed E-state index contributed by atoms with van der Waals surface area (Å²) >= 11 is 5.99. The molecule has 2 aromatic carbocycles. The fourth-order valence-electron chi connectivity index (χ4n) is 2.23. The molecule has 6 heteroatoms. The number of halogens is 1. The van der Waals surface area contributed by atoms with E-state index in [1.54, 1.807) is 31.4 Å². The van der Waals surface area contributed by atoms with E-state index in [-0.39, 0.29) is 0 Å². The van der Waals surface area contributed by atoms with Crippen LogP contribution in [0.5, 0.6) is 11.5 Å². The zero-order valence-corrected chi connectivity index (χ0v) is 14.8. The molecule has 1 N–H and O–H groups in total. The minimum absolute atomic E-state index is 0.471. The van der Waals surface area contributed by atoms with Gasteiger partial charge in [0.15, 0.2) is 17.6 Å². The molecule has 1 atom stereocenters. The van der Waals surface area contributed by atoms with Gasteiger partial charge in [-0.15, -0.1) is 0 Å². The first kappa shape index (κ1) is 18.4. The highest BCUT2D eigenvalue weighted by Gasteiger charge is 2.12. The zero-order chi connectivity index (χ0) is 18.2. The molecule has 0 heterocycles. The van der Waals surface area contributed by atoms with Crippen molar-refractivity contribution in [3.63, 3.8) is 0 Å². The molecule has 0 aliphatic heterocycles. The van der Waals surface area contributed by atoms with Crippen molar-refractivity contribution in [3.8, 4) is 23.6 Å². The summed E-state index contributed by atoms with van der Waals surface area (Å²) in [5.41, 5.74) is 2.11. The number of hydrogen-bond donors (Lipinski definition) is 1. The SMILES string of the molecule is CCC(C#N)Oc1cc(CNc2cc(Cl)ccc2C#N)ccc1OC. The molecule has 0 radical (unpaired) electrons. The predicted molar refractivity (Wildman–Crippen MR) is 96.8 cm³/mol. The summed E-state index contributed by atoms with van der Waals surface area (Å²) in [6.07, 6.45) is 0.0473. The van der Waals surface area contributed by atoms with Gasteiger partial charge in [0.1, 0.15) is 12.1 Å². The van der Waals surface area contributed by atoms with Gasteiger partial charge in [-0.05, 0) is 42.3 Å². The Bertz CT molecular complexity index is 824. The van der Waals surface area contributed by atoms with Crippen LogP contribution < -0.4 is 14.8 Å². The fraction of sp³-hybridized carbons (Fsp3) is 0.263. The summed E-state index contributed by atoms with van der Waals surface area (Å²) in [6.45, 7) is 2.35. The molecular formula is C19H18ClN3O2. The van der Waals surface area contributed by atoms with Gasteiger partial charge < -0.3 is 14.8 Å². The van der Waals surface area contributed by atoms with Crippen molar-refractivity contribution in [1.29, 1.82) is 10.5 Å².